The fourth-order valence-electron chi connectivity index (χ4n) is 6.38. The van der Waals surface area contributed by atoms with Crippen LogP contribution in [0.15, 0.2) is 216 Å². The van der Waals surface area contributed by atoms with E-state index in [1.807, 2.05) is 50.5 Å². The zero-order valence-corrected chi connectivity index (χ0v) is 31.1. The summed E-state index contributed by atoms with van der Waals surface area (Å²) < 4.78 is 0. The van der Waals surface area contributed by atoms with Gasteiger partial charge >= 0.3 is 0 Å². The number of allylic oxidation sites excluding steroid dienone is 1. The van der Waals surface area contributed by atoms with E-state index in [4.69, 9.17) is 9.98 Å². The van der Waals surface area contributed by atoms with E-state index in [2.05, 4.69) is 190 Å². The zero-order valence-electron chi connectivity index (χ0n) is 31.1. The van der Waals surface area contributed by atoms with E-state index in [0.717, 1.165) is 62.2 Å². The highest BCUT2D eigenvalue weighted by Gasteiger charge is 2.16. The average molecular weight is 717 g/mol. The minimum absolute atomic E-state index is 0.419. The summed E-state index contributed by atoms with van der Waals surface area (Å²) in [6, 6.07) is 67.2. The van der Waals surface area contributed by atoms with Crippen LogP contribution in [0.2, 0.25) is 0 Å². The van der Waals surface area contributed by atoms with Gasteiger partial charge in [0.25, 0.3) is 0 Å². The first-order valence-corrected chi connectivity index (χ1v) is 18.5. The Kier molecular flexibility index (Phi) is 12.0. The lowest BCUT2D eigenvalue weighted by Crippen LogP contribution is -2.14. The molecule has 270 valence electrons. The smallest absolute Gasteiger partial charge is 0.156 e. The molecule has 0 fully saturated rings. The molecule has 55 heavy (non-hydrogen) atoms. The van der Waals surface area contributed by atoms with Crippen molar-refractivity contribution in [3.63, 3.8) is 0 Å². The Bertz CT molecular complexity index is 2240. The molecular formula is C49H44N6. The van der Waals surface area contributed by atoms with Gasteiger partial charge in [-0.3, -0.25) is 4.99 Å². The van der Waals surface area contributed by atoms with Crippen LogP contribution in [0.1, 0.15) is 23.6 Å². The number of anilines is 7. The van der Waals surface area contributed by atoms with Crippen molar-refractivity contribution in [1.82, 2.24) is 5.32 Å². The molecular weight excluding hydrogens is 673 g/mol. The zero-order chi connectivity index (χ0) is 37.7. The highest BCUT2D eigenvalue weighted by atomic mass is 15.1. The topological polar surface area (TPSA) is 55.3 Å². The number of hydrogen-bond donors (Lipinski definition) is 2. The monoisotopic (exact) mass is 716 g/mol. The lowest BCUT2D eigenvalue weighted by atomic mass is 10.0. The van der Waals surface area contributed by atoms with Crippen molar-refractivity contribution in [3.05, 3.63) is 223 Å². The third-order valence-corrected chi connectivity index (χ3v) is 9.02. The summed E-state index contributed by atoms with van der Waals surface area (Å²) >= 11 is 0. The number of nitrogens with one attached hydrogen (secondary N) is 2. The highest BCUT2D eigenvalue weighted by molar-refractivity contribution is 6.20. The summed E-state index contributed by atoms with van der Waals surface area (Å²) in [4.78, 5) is 14.8. The van der Waals surface area contributed by atoms with Crippen LogP contribution in [0.25, 0.3) is 0 Å². The van der Waals surface area contributed by atoms with Gasteiger partial charge in [0.2, 0.25) is 0 Å². The van der Waals surface area contributed by atoms with Gasteiger partial charge < -0.3 is 20.4 Å². The quantitative estimate of drug-likeness (QED) is 0.0921. The van der Waals surface area contributed by atoms with E-state index < -0.39 is 0 Å². The number of hydrogen-bond acceptors (Lipinski definition) is 5. The molecule has 0 saturated carbocycles. The van der Waals surface area contributed by atoms with Gasteiger partial charge in [0.1, 0.15) is 0 Å². The summed E-state index contributed by atoms with van der Waals surface area (Å²) in [7, 11) is 1.90. The number of nitrogens with zero attached hydrogens (tertiary/aromatic N) is 4. The van der Waals surface area contributed by atoms with Gasteiger partial charge in [-0.05, 0) is 117 Å². The van der Waals surface area contributed by atoms with E-state index in [0.29, 0.717) is 12.5 Å². The van der Waals surface area contributed by atoms with Gasteiger partial charge in [0, 0.05) is 56.5 Å². The van der Waals surface area contributed by atoms with Gasteiger partial charge in [-0.25, -0.2) is 4.99 Å². The van der Waals surface area contributed by atoms with E-state index in [-0.39, 0.29) is 0 Å². The normalized spacial score (nSPS) is 11.7. The molecule has 6 heteroatoms. The number of amidine groups is 1. The predicted octanol–water partition coefficient (Wildman–Crippen LogP) is 12.0. The first-order valence-electron chi connectivity index (χ1n) is 18.5. The molecule has 7 aromatic carbocycles. The molecule has 0 aliphatic rings. The molecule has 6 nitrogen and oxygen atoms in total. The molecule has 0 aromatic heterocycles. The van der Waals surface area contributed by atoms with Crippen molar-refractivity contribution in [2.75, 3.05) is 28.8 Å². The SMILES string of the molecule is C/C=C/Nc1ccc(C(=N/C(=N\CNC)c2ccc(N(c3ccccc3)c3ccccc3)cc2)c2ccc(N(c3ccccc3)c3ccccc3)cc2)cc1. The number of benzene rings is 7. The van der Waals surface area contributed by atoms with Gasteiger partial charge in [0.15, 0.2) is 5.84 Å². The van der Waals surface area contributed by atoms with Gasteiger partial charge in [-0.1, -0.05) is 103 Å². The Morgan fingerprint density at radius 3 is 1.22 bits per heavy atom. The van der Waals surface area contributed by atoms with Gasteiger partial charge in [-0.15, -0.1) is 0 Å². The van der Waals surface area contributed by atoms with Crippen molar-refractivity contribution < 1.29 is 0 Å². The molecule has 0 aliphatic heterocycles. The number of para-hydroxylation sites is 4. The summed E-state index contributed by atoms with van der Waals surface area (Å²) in [5.41, 5.74) is 11.1. The Morgan fingerprint density at radius 2 is 0.836 bits per heavy atom. The first kappa shape index (κ1) is 36.3. The van der Waals surface area contributed by atoms with Crippen molar-refractivity contribution in [2.45, 2.75) is 6.92 Å². The van der Waals surface area contributed by atoms with Crippen LogP contribution < -0.4 is 20.4 Å². The molecule has 0 atom stereocenters. The van der Waals surface area contributed by atoms with E-state index >= 15 is 0 Å². The minimum atomic E-state index is 0.419. The standard InChI is InChI=1S/C49H44N6/c1-3-36-51-41-30-24-38(25-31-41)48(39-26-32-46(33-27-39)54(42-16-8-4-9-17-42)43-18-10-5-11-19-43)53-49(52-37-50-2)40-28-34-47(35-29-40)55(44-20-12-6-13-21-44)45-22-14-7-15-23-45/h3-36,50-51H,37H2,1-2H3/b36-3+,52-49-,53-48?. The van der Waals surface area contributed by atoms with Gasteiger partial charge in [-0.2, -0.15) is 0 Å². The van der Waals surface area contributed by atoms with Crippen LogP contribution >= 0.6 is 0 Å². The van der Waals surface area contributed by atoms with Crippen molar-refractivity contribution in [1.29, 1.82) is 0 Å². The molecule has 0 spiro atoms. The predicted molar refractivity (Wildman–Crippen MR) is 233 cm³/mol. The van der Waals surface area contributed by atoms with Crippen molar-refractivity contribution in [3.8, 4) is 0 Å². The third-order valence-electron chi connectivity index (χ3n) is 9.02. The molecule has 0 heterocycles. The second-order valence-electron chi connectivity index (χ2n) is 12.8. The third kappa shape index (κ3) is 8.96. The van der Waals surface area contributed by atoms with E-state index in [1.54, 1.807) is 0 Å². The lowest BCUT2D eigenvalue weighted by Gasteiger charge is -2.25. The van der Waals surface area contributed by atoms with Crippen molar-refractivity contribution >= 4 is 51.4 Å². The summed E-state index contributed by atoms with van der Waals surface area (Å²) in [6.07, 6.45) is 3.90. The number of aliphatic imine (C=N–C) groups is 2. The second-order valence-corrected chi connectivity index (χ2v) is 12.8. The maximum absolute atomic E-state index is 5.36. The van der Waals surface area contributed by atoms with E-state index in [9.17, 15) is 0 Å². The molecule has 0 amide bonds. The van der Waals surface area contributed by atoms with Crippen LogP contribution in [0.3, 0.4) is 0 Å². The van der Waals surface area contributed by atoms with Crippen LogP contribution in [-0.2, 0) is 0 Å². The fourth-order valence-corrected chi connectivity index (χ4v) is 6.38. The molecule has 7 rings (SSSR count). The summed E-state index contributed by atoms with van der Waals surface area (Å²) in [5.74, 6) is 0.636. The summed E-state index contributed by atoms with van der Waals surface area (Å²) in [5, 5.41) is 6.51. The van der Waals surface area contributed by atoms with Crippen LogP contribution in [0.4, 0.5) is 39.8 Å². The fraction of sp³-hybridized carbons (Fsp3) is 0.0612. The molecule has 0 radical (unpaired) electrons. The van der Waals surface area contributed by atoms with Crippen LogP contribution in [0, 0.1) is 0 Å². The highest BCUT2D eigenvalue weighted by Crippen LogP contribution is 2.36. The largest absolute Gasteiger partial charge is 0.362 e. The molecule has 0 aliphatic carbocycles. The molecule has 0 bridgehead atoms. The Labute approximate surface area is 324 Å². The maximum atomic E-state index is 5.36. The minimum Gasteiger partial charge on any atom is -0.362 e. The second kappa shape index (κ2) is 18.1. The first-order chi connectivity index (χ1) is 27.2. The van der Waals surface area contributed by atoms with E-state index in [1.165, 1.54) is 0 Å². The van der Waals surface area contributed by atoms with Crippen molar-refractivity contribution in [2.24, 2.45) is 9.98 Å². The molecule has 2 N–H and O–H groups in total. The Hall–Kier alpha value is -7.02. The molecule has 0 unspecified atom stereocenters. The molecule has 7 aromatic rings. The summed E-state index contributed by atoms with van der Waals surface area (Å²) in [6.45, 7) is 2.41. The number of rotatable bonds is 13. The Balaban J connectivity index is 1.29. The average Bonchev–Trinajstić information content (AvgIpc) is 3.26. The van der Waals surface area contributed by atoms with Crippen LogP contribution in [-0.4, -0.2) is 25.3 Å². The van der Waals surface area contributed by atoms with Gasteiger partial charge in [0.05, 0.1) is 12.4 Å². The van der Waals surface area contributed by atoms with Crippen LogP contribution in [0.5, 0.6) is 0 Å². The molecule has 0 saturated heterocycles. The Morgan fingerprint density at radius 1 is 0.473 bits per heavy atom. The maximum Gasteiger partial charge on any atom is 0.156 e. The lowest BCUT2D eigenvalue weighted by molar-refractivity contribution is 0.833.